The molecular formula is C17H20N2O2. The van der Waals surface area contributed by atoms with E-state index in [0.717, 1.165) is 5.69 Å². The second-order valence-corrected chi connectivity index (χ2v) is 4.92. The van der Waals surface area contributed by atoms with Gasteiger partial charge in [0.2, 0.25) is 5.91 Å². The van der Waals surface area contributed by atoms with Gasteiger partial charge in [-0.05, 0) is 31.2 Å². The first-order valence-electron chi connectivity index (χ1n) is 6.88. The number of benzene rings is 2. The summed E-state index contributed by atoms with van der Waals surface area (Å²) in [5.74, 6) is 0.622. The number of hydrogen-bond donors (Lipinski definition) is 1. The predicted molar refractivity (Wildman–Crippen MR) is 85.6 cm³/mol. The Balaban J connectivity index is 1.87. The summed E-state index contributed by atoms with van der Waals surface area (Å²) in [6.07, 6.45) is 0.304. The number of nitrogen functional groups attached to an aromatic ring is 1. The van der Waals surface area contributed by atoms with Crippen LogP contribution in [0.1, 0.15) is 12.0 Å². The molecule has 2 N–H and O–H groups in total. The third kappa shape index (κ3) is 3.99. The van der Waals surface area contributed by atoms with Crippen LogP contribution in [0.25, 0.3) is 0 Å². The summed E-state index contributed by atoms with van der Waals surface area (Å²) in [5.41, 5.74) is 8.41. The molecule has 0 aliphatic rings. The van der Waals surface area contributed by atoms with Gasteiger partial charge >= 0.3 is 0 Å². The first-order chi connectivity index (χ1) is 10.1. The van der Waals surface area contributed by atoms with Crippen molar-refractivity contribution in [3.8, 4) is 5.75 Å². The number of para-hydroxylation sites is 2. The average Bonchev–Trinajstić information content (AvgIpc) is 2.49. The van der Waals surface area contributed by atoms with E-state index in [9.17, 15) is 4.79 Å². The molecule has 4 nitrogen and oxygen atoms in total. The van der Waals surface area contributed by atoms with Crippen molar-refractivity contribution >= 4 is 17.3 Å². The lowest BCUT2D eigenvalue weighted by molar-refractivity contribution is -0.118. The zero-order valence-electron chi connectivity index (χ0n) is 12.4. The number of ether oxygens (including phenoxy) is 1. The fourth-order valence-electron chi connectivity index (χ4n) is 1.94. The number of rotatable bonds is 5. The third-order valence-electron chi connectivity index (χ3n) is 3.29. The van der Waals surface area contributed by atoms with Crippen molar-refractivity contribution in [1.29, 1.82) is 0 Å². The molecule has 0 heterocycles. The van der Waals surface area contributed by atoms with E-state index in [1.54, 1.807) is 24.1 Å². The first-order valence-corrected chi connectivity index (χ1v) is 6.88. The second kappa shape index (κ2) is 6.79. The molecule has 0 saturated heterocycles. The van der Waals surface area contributed by atoms with Crippen LogP contribution in [0.5, 0.6) is 5.75 Å². The lowest BCUT2D eigenvalue weighted by Crippen LogP contribution is -2.27. The van der Waals surface area contributed by atoms with Crippen LogP contribution in [0, 0.1) is 6.92 Å². The monoisotopic (exact) mass is 284 g/mol. The number of aryl methyl sites for hydroxylation is 1. The zero-order valence-corrected chi connectivity index (χ0v) is 12.4. The van der Waals surface area contributed by atoms with Crippen LogP contribution in [0.3, 0.4) is 0 Å². The molecule has 0 aliphatic heterocycles. The highest BCUT2D eigenvalue weighted by Crippen LogP contribution is 2.20. The van der Waals surface area contributed by atoms with E-state index >= 15 is 0 Å². The third-order valence-corrected chi connectivity index (χ3v) is 3.29. The number of anilines is 2. The van der Waals surface area contributed by atoms with Gasteiger partial charge in [-0.2, -0.15) is 0 Å². The van der Waals surface area contributed by atoms with Gasteiger partial charge in [0.15, 0.2) is 0 Å². The van der Waals surface area contributed by atoms with Gasteiger partial charge in [-0.1, -0.05) is 29.8 Å². The summed E-state index contributed by atoms with van der Waals surface area (Å²) in [6.45, 7) is 2.33. The van der Waals surface area contributed by atoms with Gasteiger partial charge in [0, 0.05) is 12.7 Å². The maximum atomic E-state index is 12.1. The van der Waals surface area contributed by atoms with E-state index in [1.165, 1.54) is 5.56 Å². The molecule has 0 saturated carbocycles. The number of amides is 1. The molecule has 0 unspecified atom stereocenters. The molecule has 4 heteroatoms. The van der Waals surface area contributed by atoms with Crippen LogP contribution in [-0.2, 0) is 4.79 Å². The number of nitrogens with two attached hydrogens (primary N) is 1. The molecular weight excluding hydrogens is 264 g/mol. The van der Waals surface area contributed by atoms with Crippen molar-refractivity contribution in [2.24, 2.45) is 0 Å². The highest BCUT2D eigenvalue weighted by molar-refractivity contribution is 5.92. The van der Waals surface area contributed by atoms with Gasteiger partial charge in [-0.15, -0.1) is 0 Å². The van der Waals surface area contributed by atoms with E-state index in [1.807, 2.05) is 43.3 Å². The number of carbonyl (C=O) groups is 1. The minimum absolute atomic E-state index is 0.00774. The van der Waals surface area contributed by atoms with E-state index in [-0.39, 0.29) is 5.91 Å². The van der Waals surface area contributed by atoms with E-state index in [0.29, 0.717) is 24.5 Å². The first kappa shape index (κ1) is 14.9. The Bertz CT molecular complexity index is 608. The largest absolute Gasteiger partial charge is 0.491 e. The van der Waals surface area contributed by atoms with Crippen molar-refractivity contribution in [3.63, 3.8) is 0 Å². The smallest absolute Gasteiger partial charge is 0.230 e. The summed E-state index contributed by atoms with van der Waals surface area (Å²) >= 11 is 0. The molecule has 0 radical (unpaired) electrons. The topological polar surface area (TPSA) is 55.6 Å². The molecule has 0 spiro atoms. The molecule has 0 aliphatic carbocycles. The average molecular weight is 284 g/mol. The van der Waals surface area contributed by atoms with Crippen LogP contribution in [0.15, 0.2) is 48.5 Å². The SMILES string of the molecule is Cc1ccc(N(C)C(=O)CCOc2ccccc2N)cc1. The predicted octanol–water partition coefficient (Wildman–Crippen LogP) is 3.01. The van der Waals surface area contributed by atoms with Gasteiger partial charge < -0.3 is 15.4 Å². The fraction of sp³-hybridized carbons (Fsp3) is 0.235. The summed E-state index contributed by atoms with van der Waals surface area (Å²) in [6, 6.07) is 15.1. The van der Waals surface area contributed by atoms with E-state index in [2.05, 4.69) is 0 Å². The van der Waals surface area contributed by atoms with Crippen molar-refractivity contribution in [2.45, 2.75) is 13.3 Å². The normalized spacial score (nSPS) is 10.2. The van der Waals surface area contributed by atoms with Crippen molar-refractivity contribution < 1.29 is 9.53 Å². The molecule has 0 fully saturated rings. The Morgan fingerprint density at radius 1 is 1.14 bits per heavy atom. The van der Waals surface area contributed by atoms with Crippen LogP contribution < -0.4 is 15.4 Å². The lowest BCUT2D eigenvalue weighted by atomic mass is 10.2. The standard InChI is InChI=1S/C17H20N2O2/c1-13-7-9-14(10-8-13)19(2)17(20)11-12-21-16-6-4-3-5-15(16)18/h3-10H,11-12,18H2,1-2H3. The van der Waals surface area contributed by atoms with Crippen molar-refractivity contribution in [3.05, 3.63) is 54.1 Å². The molecule has 0 bridgehead atoms. The molecule has 1 amide bonds. The summed E-state index contributed by atoms with van der Waals surface area (Å²) in [7, 11) is 1.77. The highest BCUT2D eigenvalue weighted by atomic mass is 16.5. The maximum Gasteiger partial charge on any atom is 0.230 e. The Labute approximate surface area is 125 Å². The molecule has 0 aromatic heterocycles. The Hall–Kier alpha value is -2.49. The second-order valence-electron chi connectivity index (χ2n) is 4.92. The molecule has 21 heavy (non-hydrogen) atoms. The molecule has 2 aromatic rings. The Morgan fingerprint density at radius 2 is 1.81 bits per heavy atom. The Kier molecular flexibility index (Phi) is 4.82. The summed E-state index contributed by atoms with van der Waals surface area (Å²) in [5, 5.41) is 0. The van der Waals surface area contributed by atoms with Crippen LogP contribution in [0.4, 0.5) is 11.4 Å². The Morgan fingerprint density at radius 3 is 2.48 bits per heavy atom. The highest BCUT2D eigenvalue weighted by Gasteiger charge is 2.11. The zero-order chi connectivity index (χ0) is 15.2. The number of hydrogen-bond acceptors (Lipinski definition) is 3. The van der Waals surface area contributed by atoms with Gasteiger partial charge in [0.25, 0.3) is 0 Å². The summed E-state index contributed by atoms with van der Waals surface area (Å²) in [4.78, 5) is 13.8. The van der Waals surface area contributed by atoms with Gasteiger partial charge in [-0.25, -0.2) is 0 Å². The van der Waals surface area contributed by atoms with Crippen LogP contribution in [-0.4, -0.2) is 19.6 Å². The molecule has 2 rings (SSSR count). The minimum Gasteiger partial charge on any atom is -0.491 e. The quantitative estimate of drug-likeness (QED) is 0.859. The maximum absolute atomic E-state index is 12.1. The van der Waals surface area contributed by atoms with Crippen molar-refractivity contribution in [2.75, 3.05) is 24.3 Å². The van der Waals surface area contributed by atoms with Crippen molar-refractivity contribution in [1.82, 2.24) is 0 Å². The van der Waals surface area contributed by atoms with Gasteiger partial charge in [0.1, 0.15) is 5.75 Å². The molecule has 110 valence electrons. The van der Waals surface area contributed by atoms with E-state index in [4.69, 9.17) is 10.5 Å². The van der Waals surface area contributed by atoms with Crippen LogP contribution in [0.2, 0.25) is 0 Å². The number of nitrogens with zero attached hydrogens (tertiary/aromatic N) is 1. The fourth-order valence-corrected chi connectivity index (χ4v) is 1.94. The van der Waals surface area contributed by atoms with Gasteiger partial charge in [0.05, 0.1) is 18.7 Å². The summed E-state index contributed by atoms with van der Waals surface area (Å²) < 4.78 is 5.54. The molecule has 2 aromatic carbocycles. The number of carbonyl (C=O) groups excluding carboxylic acids is 1. The van der Waals surface area contributed by atoms with Gasteiger partial charge in [-0.3, -0.25) is 4.79 Å². The van der Waals surface area contributed by atoms with E-state index < -0.39 is 0 Å². The minimum atomic E-state index is 0.00774. The van der Waals surface area contributed by atoms with Crippen LogP contribution >= 0.6 is 0 Å². The molecule has 0 atom stereocenters. The lowest BCUT2D eigenvalue weighted by Gasteiger charge is -2.18.